The number of nitrogens with one attached hydrogen (secondary N) is 2. The minimum absolute atomic E-state index is 0.0744. The Kier molecular flexibility index (Phi) is 8.15. The first kappa shape index (κ1) is 22.4. The van der Waals surface area contributed by atoms with Crippen molar-refractivity contribution in [1.82, 2.24) is 5.32 Å². The summed E-state index contributed by atoms with van der Waals surface area (Å²) in [6.45, 7) is 6.43. The van der Waals surface area contributed by atoms with Crippen molar-refractivity contribution in [3.05, 3.63) is 54.1 Å². The van der Waals surface area contributed by atoms with Crippen LogP contribution in [-0.2, 0) is 4.79 Å². The molecule has 29 heavy (non-hydrogen) atoms. The number of thiocarbonyl (C=S) groups is 1. The maximum atomic E-state index is 12.4. The van der Waals surface area contributed by atoms with Gasteiger partial charge in [0, 0.05) is 30.9 Å². The first-order valence-electron chi connectivity index (χ1n) is 9.46. The van der Waals surface area contributed by atoms with Crippen LogP contribution in [0.2, 0.25) is 0 Å². The SMILES string of the molecule is CC(=O)N(C)c1cccc(NC(=S)NC(=O)c2ccc(OCCC(C)C)cc2)c1. The van der Waals surface area contributed by atoms with Crippen LogP contribution in [0.5, 0.6) is 5.75 Å². The van der Waals surface area contributed by atoms with Crippen LogP contribution < -0.4 is 20.3 Å². The molecule has 0 aliphatic heterocycles. The van der Waals surface area contributed by atoms with Gasteiger partial charge < -0.3 is 15.0 Å². The van der Waals surface area contributed by atoms with E-state index in [2.05, 4.69) is 24.5 Å². The Balaban J connectivity index is 1.91. The number of ether oxygens (including phenoxy) is 1. The van der Waals surface area contributed by atoms with E-state index < -0.39 is 0 Å². The van der Waals surface area contributed by atoms with E-state index in [-0.39, 0.29) is 16.9 Å². The maximum Gasteiger partial charge on any atom is 0.257 e. The Hall–Kier alpha value is -2.93. The van der Waals surface area contributed by atoms with Crippen molar-refractivity contribution in [2.45, 2.75) is 27.2 Å². The fourth-order valence-corrected chi connectivity index (χ4v) is 2.64. The fraction of sp³-hybridized carbons (Fsp3) is 0.318. The molecule has 0 saturated heterocycles. The maximum absolute atomic E-state index is 12.4. The molecule has 0 heterocycles. The molecule has 0 unspecified atom stereocenters. The molecule has 0 aliphatic carbocycles. The number of benzene rings is 2. The Morgan fingerprint density at radius 2 is 1.83 bits per heavy atom. The largest absolute Gasteiger partial charge is 0.494 e. The zero-order valence-electron chi connectivity index (χ0n) is 17.2. The second-order valence-corrected chi connectivity index (χ2v) is 7.50. The topological polar surface area (TPSA) is 70.7 Å². The van der Waals surface area contributed by atoms with Crippen LogP contribution in [0.15, 0.2) is 48.5 Å². The summed E-state index contributed by atoms with van der Waals surface area (Å²) in [5.41, 5.74) is 1.88. The number of hydrogen-bond donors (Lipinski definition) is 2. The van der Waals surface area contributed by atoms with Gasteiger partial charge in [-0.25, -0.2) is 0 Å². The van der Waals surface area contributed by atoms with Crippen LogP contribution in [0, 0.1) is 5.92 Å². The Labute approximate surface area is 177 Å². The third-order valence-corrected chi connectivity index (χ3v) is 4.48. The summed E-state index contributed by atoms with van der Waals surface area (Å²) in [5, 5.41) is 5.79. The summed E-state index contributed by atoms with van der Waals surface area (Å²) in [6.07, 6.45) is 0.978. The third-order valence-electron chi connectivity index (χ3n) is 4.27. The van der Waals surface area contributed by atoms with Crippen molar-refractivity contribution in [2.24, 2.45) is 5.92 Å². The van der Waals surface area contributed by atoms with Crippen LogP contribution in [-0.4, -0.2) is 30.6 Å². The van der Waals surface area contributed by atoms with E-state index in [1.807, 2.05) is 6.07 Å². The lowest BCUT2D eigenvalue weighted by molar-refractivity contribution is -0.116. The van der Waals surface area contributed by atoms with Crippen LogP contribution in [0.3, 0.4) is 0 Å². The molecular weight excluding hydrogens is 386 g/mol. The normalized spacial score (nSPS) is 10.4. The van der Waals surface area contributed by atoms with Crippen LogP contribution >= 0.6 is 12.2 Å². The molecule has 2 aromatic rings. The van der Waals surface area contributed by atoms with Crippen molar-refractivity contribution < 1.29 is 14.3 Å². The zero-order chi connectivity index (χ0) is 21.4. The van der Waals surface area contributed by atoms with Crippen molar-refractivity contribution in [2.75, 3.05) is 23.9 Å². The molecule has 0 radical (unpaired) electrons. The second-order valence-electron chi connectivity index (χ2n) is 7.09. The highest BCUT2D eigenvalue weighted by molar-refractivity contribution is 7.80. The number of rotatable bonds is 7. The van der Waals surface area contributed by atoms with E-state index >= 15 is 0 Å². The number of nitrogens with zero attached hydrogens (tertiary/aromatic N) is 1. The summed E-state index contributed by atoms with van der Waals surface area (Å²) in [5.74, 6) is 0.925. The highest BCUT2D eigenvalue weighted by Crippen LogP contribution is 2.18. The predicted molar refractivity (Wildman–Crippen MR) is 121 cm³/mol. The minimum atomic E-state index is -0.312. The van der Waals surface area contributed by atoms with Gasteiger partial charge >= 0.3 is 0 Å². The standard InChI is InChI=1S/C22H27N3O3S/c1-15(2)12-13-28-20-10-8-17(9-11-20)21(27)24-22(29)23-18-6-5-7-19(14-18)25(4)16(3)26/h5-11,14-15H,12-13H2,1-4H3,(H2,23,24,27,29). The smallest absolute Gasteiger partial charge is 0.257 e. The Bertz CT molecular complexity index is 866. The molecule has 7 heteroatoms. The quantitative estimate of drug-likeness (QED) is 0.665. The first-order chi connectivity index (χ1) is 13.8. The molecule has 0 bridgehead atoms. The van der Waals surface area contributed by atoms with Gasteiger partial charge in [0.05, 0.1) is 6.61 Å². The van der Waals surface area contributed by atoms with Crippen molar-refractivity contribution in [1.29, 1.82) is 0 Å². The summed E-state index contributed by atoms with van der Waals surface area (Å²) in [4.78, 5) is 25.4. The van der Waals surface area contributed by atoms with Crippen LogP contribution in [0.4, 0.5) is 11.4 Å². The van der Waals surface area contributed by atoms with E-state index in [9.17, 15) is 9.59 Å². The summed E-state index contributed by atoms with van der Waals surface area (Å²) in [7, 11) is 1.69. The molecule has 2 N–H and O–H groups in total. The molecule has 0 aliphatic rings. The average molecular weight is 414 g/mol. The highest BCUT2D eigenvalue weighted by atomic mass is 32.1. The number of anilines is 2. The van der Waals surface area contributed by atoms with E-state index in [0.717, 1.165) is 17.9 Å². The molecule has 154 valence electrons. The average Bonchev–Trinajstić information content (AvgIpc) is 2.67. The van der Waals surface area contributed by atoms with Gasteiger partial charge in [-0.15, -0.1) is 0 Å². The predicted octanol–water partition coefficient (Wildman–Crippen LogP) is 4.22. The molecule has 0 saturated carbocycles. The Morgan fingerprint density at radius 3 is 2.45 bits per heavy atom. The molecule has 0 spiro atoms. The molecule has 2 aromatic carbocycles. The number of hydrogen-bond acceptors (Lipinski definition) is 4. The van der Waals surface area contributed by atoms with Gasteiger partial charge in [-0.3, -0.25) is 14.9 Å². The molecule has 2 amide bonds. The Morgan fingerprint density at radius 1 is 1.14 bits per heavy atom. The zero-order valence-corrected chi connectivity index (χ0v) is 18.0. The van der Waals surface area contributed by atoms with E-state index in [1.165, 1.54) is 11.8 Å². The lowest BCUT2D eigenvalue weighted by atomic mass is 10.1. The molecule has 0 aromatic heterocycles. The fourth-order valence-electron chi connectivity index (χ4n) is 2.43. The molecule has 0 fully saturated rings. The van der Waals surface area contributed by atoms with Crippen molar-refractivity contribution >= 4 is 40.5 Å². The lowest BCUT2D eigenvalue weighted by Gasteiger charge is -2.16. The summed E-state index contributed by atoms with van der Waals surface area (Å²) in [6, 6.07) is 14.1. The molecule has 0 atom stereocenters. The third kappa shape index (κ3) is 7.19. The summed E-state index contributed by atoms with van der Waals surface area (Å²) < 4.78 is 5.66. The number of amides is 2. The van der Waals surface area contributed by atoms with Gasteiger partial charge in [0.2, 0.25) is 5.91 Å². The summed E-state index contributed by atoms with van der Waals surface area (Å²) >= 11 is 5.23. The second kappa shape index (κ2) is 10.6. The molecule has 6 nitrogen and oxygen atoms in total. The van der Waals surface area contributed by atoms with E-state index in [4.69, 9.17) is 17.0 Å². The minimum Gasteiger partial charge on any atom is -0.494 e. The molecule has 2 rings (SSSR count). The number of carbonyl (C=O) groups is 2. The van der Waals surface area contributed by atoms with E-state index in [1.54, 1.807) is 49.5 Å². The van der Waals surface area contributed by atoms with Gasteiger partial charge in [0.15, 0.2) is 5.11 Å². The van der Waals surface area contributed by atoms with Gasteiger partial charge in [0.1, 0.15) is 5.75 Å². The highest BCUT2D eigenvalue weighted by Gasteiger charge is 2.10. The van der Waals surface area contributed by atoms with E-state index in [0.29, 0.717) is 23.8 Å². The van der Waals surface area contributed by atoms with Crippen molar-refractivity contribution in [3.63, 3.8) is 0 Å². The first-order valence-corrected chi connectivity index (χ1v) is 9.86. The van der Waals surface area contributed by atoms with Gasteiger partial charge in [-0.2, -0.15) is 0 Å². The van der Waals surface area contributed by atoms with Crippen LogP contribution in [0.1, 0.15) is 37.6 Å². The van der Waals surface area contributed by atoms with Crippen LogP contribution in [0.25, 0.3) is 0 Å². The monoisotopic (exact) mass is 413 g/mol. The van der Waals surface area contributed by atoms with Gasteiger partial charge in [-0.1, -0.05) is 19.9 Å². The molecular formula is C22H27N3O3S. The lowest BCUT2D eigenvalue weighted by Crippen LogP contribution is -2.34. The van der Waals surface area contributed by atoms with Gasteiger partial charge in [-0.05, 0) is 67.0 Å². The number of carbonyl (C=O) groups excluding carboxylic acids is 2. The van der Waals surface area contributed by atoms with Gasteiger partial charge in [0.25, 0.3) is 5.91 Å². The van der Waals surface area contributed by atoms with Crippen molar-refractivity contribution in [3.8, 4) is 5.75 Å².